The number of likely N-dealkylation sites (tertiary alicyclic amines) is 1. The number of amides is 1. The van der Waals surface area contributed by atoms with Crippen molar-refractivity contribution in [1.82, 2.24) is 10.2 Å². The summed E-state index contributed by atoms with van der Waals surface area (Å²) in [4.78, 5) is 14.6. The summed E-state index contributed by atoms with van der Waals surface area (Å²) in [6.07, 6.45) is 6.36. The zero-order chi connectivity index (χ0) is 16.9. The summed E-state index contributed by atoms with van der Waals surface area (Å²) in [7, 11) is 0. The number of carbonyl (C=O) groups is 1. The summed E-state index contributed by atoms with van der Waals surface area (Å²) in [6.45, 7) is 7.29. The van der Waals surface area contributed by atoms with E-state index in [9.17, 15) is 4.79 Å². The number of benzene rings is 1. The SMILES string of the molecule is CC(C)c1cccc(C2CC[N]C(CC(=O)N3CCCCC3)C2)c1. The average Bonchev–Trinajstić information content (AvgIpc) is 2.63. The summed E-state index contributed by atoms with van der Waals surface area (Å²) < 4.78 is 0. The maximum Gasteiger partial charge on any atom is 0.224 e. The Balaban J connectivity index is 1.59. The average molecular weight is 327 g/mol. The van der Waals surface area contributed by atoms with Gasteiger partial charge >= 0.3 is 0 Å². The van der Waals surface area contributed by atoms with Crippen molar-refractivity contribution in [1.29, 1.82) is 0 Å². The number of nitrogens with zero attached hydrogens (tertiary/aromatic N) is 2. The molecule has 2 fully saturated rings. The van der Waals surface area contributed by atoms with Gasteiger partial charge in [0.05, 0.1) is 0 Å². The van der Waals surface area contributed by atoms with Crippen molar-refractivity contribution in [3.63, 3.8) is 0 Å². The predicted octanol–water partition coefficient (Wildman–Crippen LogP) is 4.06. The topological polar surface area (TPSA) is 34.4 Å². The number of hydrogen-bond acceptors (Lipinski definition) is 1. The van der Waals surface area contributed by atoms with E-state index in [0.717, 1.165) is 45.3 Å². The molecule has 2 aliphatic heterocycles. The standard InChI is InChI=1S/C21H31N2O/c1-16(2)17-7-6-8-18(13-17)19-9-10-22-20(14-19)15-21(24)23-11-4-3-5-12-23/h6-8,13,16,19-20H,3-5,9-12,14-15H2,1-2H3. The highest BCUT2D eigenvalue weighted by Gasteiger charge is 2.27. The normalized spacial score (nSPS) is 25.0. The highest BCUT2D eigenvalue weighted by atomic mass is 16.2. The molecule has 2 aliphatic rings. The smallest absolute Gasteiger partial charge is 0.224 e. The van der Waals surface area contributed by atoms with Crippen molar-refractivity contribution < 1.29 is 4.79 Å². The van der Waals surface area contributed by atoms with Crippen LogP contribution in [0.25, 0.3) is 0 Å². The Hall–Kier alpha value is -1.35. The van der Waals surface area contributed by atoms with E-state index >= 15 is 0 Å². The molecule has 2 unspecified atom stereocenters. The molecule has 131 valence electrons. The van der Waals surface area contributed by atoms with Crippen molar-refractivity contribution in [2.75, 3.05) is 19.6 Å². The fraction of sp³-hybridized carbons (Fsp3) is 0.667. The highest BCUT2D eigenvalue weighted by molar-refractivity contribution is 5.77. The Morgan fingerprint density at radius 1 is 1.25 bits per heavy atom. The van der Waals surface area contributed by atoms with Crippen LogP contribution >= 0.6 is 0 Å². The molecule has 0 spiro atoms. The molecule has 3 heteroatoms. The molecule has 0 aromatic heterocycles. The third kappa shape index (κ3) is 4.38. The van der Waals surface area contributed by atoms with Gasteiger partial charge in [-0.25, -0.2) is 5.32 Å². The van der Waals surface area contributed by atoms with Crippen LogP contribution in [0.15, 0.2) is 24.3 Å². The molecule has 2 atom stereocenters. The van der Waals surface area contributed by atoms with Crippen molar-refractivity contribution in [3.8, 4) is 0 Å². The zero-order valence-electron chi connectivity index (χ0n) is 15.2. The molecule has 1 radical (unpaired) electrons. The summed E-state index contributed by atoms with van der Waals surface area (Å²) in [6, 6.07) is 9.24. The summed E-state index contributed by atoms with van der Waals surface area (Å²) in [5.41, 5.74) is 2.85. The lowest BCUT2D eigenvalue weighted by atomic mass is 9.84. The van der Waals surface area contributed by atoms with Gasteiger partial charge in [-0.15, -0.1) is 0 Å². The lowest BCUT2D eigenvalue weighted by Crippen LogP contribution is -2.41. The van der Waals surface area contributed by atoms with Gasteiger partial charge in [-0.3, -0.25) is 4.79 Å². The van der Waals surface area contributed by atoms with Crippen molar-refractivity contribution in [3.05, 3.63) is 35.4 Å². The number of carbonyl (C=O) groups excluding carboxylic acids is 1. The molecule has 0 saturated carbocycles. The molecule has 1 amide bonds. The zero-order valence-corrected chi connectivity index (χ0v) is 15.2. The first-order chi connectivity index (χ1) is 11.6. The molecule has 24 heavy (non-hydrogen) atoms. The fourth-order valence-electron chi connectivity index (χ4n) is 4.03. The van der Waals surface area contributed by atoms with Gasteiger partial charge in [-0.1, -0.05) is 38.1 Å². The van der Waals surface area contributed by atoms with Crippen LogP contribution in [-0.4, -0.2) is 36.5 Å². The minimum atomic E-state index is 0.209. The molecule has 3 rings (SSSR count). The minimum Gasteiger partial charge on any atom is -0.343 e. The quantitative estimate of drug-likeness (QED) is 0.821. The van der Waals surface area contributed by atoms with Gasteiger partial charge in [-0.2, -0.15) is 0 Å². The van der Waals surface area contributed by atoms with Crippen LogP contribution in [0.2, 0.25) is 0 Å². The largest absolute Gasteiger partial charge is 0.343 e. The van der Waals surface area contributed by atoms with Crippen LogP contribution in [0.3, 0.4) is 0 Å². The van der Waals surface area contributed by atoms with Crippen molar-refractivity contribution >= 4 is 5.91 Å². The van der Waals surface area contributed by atoms with Gasteiger partial charge in [0.1, 0.15) is 0 Å². The van der Waals surface area contributed by atoms with Crippen LogP contribution in [-0.2, 0) is 4.79 Å². The first-order valence-electron chi connectivity index (χ1n) is 9.67. The second-order valence-corrected chi connectivity index (χ2v) is 7.75. The summed E-state index contributed by atoms with van der Waals surface area (Å²) >= 11 is 0. The Bertz CT molecular complexity index is 549. The lowest BCUT2D eigenvalue weighted by molar-refractivity contribution is -0.132. The number of piperidine rings is 2. The number of rotatable bonds is 4. The predicted molar refractivity (Wildman–Crippen MR) is 98.3 cm³/mol. The van der Waals surface area contributed by atoms with Crippen molar-refractivity contribution in [2.45, 2.75) is 70.3 Å². The Kier molecular flexibility index (Phi) is 5.94. The van der Waals surface area contributed by atoms with E-state index in [1.165, 1.54) is 17.5 Å². The molecule has 1 aromatic rings. The van der Waals surface area contributed by atoms with E-state index in [1.54, 1.807) is 0 Å². The molecule has 2 heterocycles. The molecule has 0 bridgehead atoms. The molecular weight excluding hydrogens is 296 g/mol. The highest BCUT2D eigenvalue weighted by Crippen LogP contribution is 2.31. The third-order valence-electron chi connectivity index (χ3n) is 5.59. The minimum absolute atomic E-state index is 0.209. The van der Waals surface area contributed by atoms with Crippen molar-refractivity contribution in [2.24, 2.45) is 0 Å². The van der Waals surface area contributed by atoms with Crippen LogP contribution in [0.5, 0.6) is 0 Å². The molecule has 3 nitrogen and oxygen atoms in total. The van der Waals surface area contributed by atoms with Gasteiger partial charge in [0, 0.05) is 32.1 Å². The van der Waals surface area contributed by atoms with Crippen LogP contribution in [0, 0.1) is 0 Å². The van der Waals surface area contributed by atoms with Crippen LogP contribution in [0.4, 0.5) is 0 Å². The molecule has 0 aliphatic carbocycles. The first kappa shape index (κ1) is 17.5. The van der Waals surface area contributed by atoms with E-state index in [-0.39, 0.29) is 6.04 Å². The number of hydrogen-bond donors (Lipinski definition) is 0. The Morgan fingerprint density at radius 3 is 2.79 bits per heavy atom. The molecule has 1 aromatic carbocycles. The van der Waals surface area contributed by atoms with E-state index in [1.807, 2.05) is 0 Å². The van der Waals surface area contributed by atoms with E-state index in [2.05, 4.69) is 43.0 Å². The maximum atomic E-state index is 12.5. The third-order valence-corrected chi connectivity index (χ3v) is 5.59. The molecule has 0 N–H and O–H groups in total. The maximum absolute atomic E-state index is 12.5. The van der Waals surface area contributed by atoms with Crippen LogP contribution in [0.1, 0.15) is 75.3 Å². The Morgan fingerprint density at radius 2 is 2.04 bits per heavy atom. The first-order valence-corrected chi connectivity index (χ1v) is 9.67. The van der Waals surface area contributed by atoms with Crippen LogP contribution < -0.4 is 5.32 Å². The monoisotopic (exact) mass is 327 g/mol. The molecular formula is C21H31N2O. The van der Waals surface area contributed by atoms with E-state index in [0.29, 0.717) is 24.2 Å². The van der Waals surface area contributed by atoms with Gasteiger partial charge in [0.25, 0.3) is 0 Å². The van der Waals surface area contributed by atoms with Gasteiger partial charge in [0.15, 0.2) is 0 Å². The lowest BCUT2D eigenvalue weighted by Gasteiger charge is -2.32. The van der Waals surface area contributed by atoms with E-state index in [4.69, 9.17) is 5.32 Å². The summed E-state index contributed by atoms with van der Waals surface area (Å²) in [5.74, 6) is 1.44. The van der Waals surface area contributed by atoms with Gasteiger partial charge < -0.3 is 4.90 Å². The Labute approximate surface area is 146 Å². The van der Waals surface area contributed by atoms with Gasteiger partial charge in [0.2, 0.25) is 5.91 Å². The molecule has 2 saturated heterocycles. The fourth-order valence-corrected chi connectivity index (χ4v) is 4.03. The summed E-state index contributed by atoms with van der Waals surface area (Å²) in [5, 5.41) is 4.75. The second kappa shape index (κ2) is 8.15. The van der Waals surface area contributed by atoms with E-state index < -0.39 is 0 Å². The van der Waals surface area contributed by atoms with Gasteiger partial charge in [-0.05, 0) is 55.1 Å². The second-order valence-electron chi connectivity index (χ2n) is 7.75.